The average Bonchev–Trinajstić information content (AvgIpc) is 2.13. The number of hydrogen-bond donors (Lipinski definition) is 4. The van der Waals surface area contributed by atoms with E-state index in [2.05, 4.69) is 0 Å². The summed E-state index contributed by atoms with van der Waals surface area (Å²) in [6, 6.07) is -0.636. The number of hydrogen-bond acceptors (Lipinski definition) is 5. The molecule has 0 aliphatic carbocycles. The summed E-state index contributed by atoms with van der Waals surface area (Å²) in [6.45, 7) is 5.50. The molecule has 3 unspecified atom stereocenters. The Morgan fingerprint density at radius 1 is 1.20 bits per heavy atom. The Morgan fingerprint density at radius 3 is 2.13 bits per heavy atom. The lowest BCUT2D eigenvalue weighted by atomic mass is 9.79. The molecule has 0 amide bonds. The average molecular weight is 219 g/mol. The Balaban J connectivity index is 2.83. The molecule has 0 radical (unpaired) electrons. The van der Waals surface area contributed by atoms with Crippen LogP contribution in [0.15, 0.2) is 0 Å². The molecule has 0 aromatic carbocycles. The van der Waals surface area contributed by atoms with Gasteiger partial charge in [0.25, 0.3) is 0 Å². The van der Waals surface area contributed by atoms with Gasteiger partial charge in [0, 0.05) is 0 Å². The van der Waals surface area contributed by atoms with Gasteiger partial charge in [0.1, 0.15) is 18.3 Å². The van der Waals surface area contributed by atoms with E-state index >= 15 is 0 Å². The lowest BCUT2D eigenvalue weighted by Crippen LogP contribution is -2.64. The minimum atomic E-state index is -1.12. The molecule has 1 fully saturated rings. The summed E-state index contributed by atoms with van der Waals surface area (Å²) in [6.07, 6.45) is -3.32. The van der Waals surface area contributed by atoms with Gasteiger partial charge in [-0.2, -0.15) is 0 Å². The zero-order valence-electron chi connectivity index (χ0n) is 9.42. The van der Waals surface area contributed by atoms with E-state index in [1.165, 1.54) is 0 Å². The topological polar surface area (TPSA) is 95.9 Å². The first-order chi connectivity index (χ1) is 6.79. The van der Waals surface area contributed by atoms with E-state index in [1.807, 2.05) is 20.8 Å². The third-order valence-corrected chi connectivity index (χ3v) is 2.83. The molecule has 5 N–H and O–H groups in total. The summed E-state index contributed by atoms with van der Waals surface area (Å²) in [7, 11) is 0. The van der Waals surface area contributed by atoms with E-state index in [0.717, 1.165) is 0 Å². The zero-order chi connectivity index (χ0) is 11.8. The Labute approximate surface area is 89.9 Å². The van der Waals surface area contributed by atoms with Gasteiger partial charge in [-0.1, -0.05) is 20.8 Å². The molecule has 0 saturated carbocycles. The van der Waals surface area contributed by atoms with E-state index in [1.54, 1.807) is 0 Å². The Morgan fingerprint density at radius 2 is 1.73 bits per heavy atom. The second-order valence-electron chi connectivity index (χ2n) is 5.20. The fourth-order valence-electron chi connectivity index (χ4n) is 1.92. The Bertz CT molecular complexity index is 214. The molecule has 5 atom stereocenters. The van der Waals surface area contributed by atoms with Crippen molar-refractivity contribution < 1.29 is 20.1 Å². The number of aliphatic hydroxyl groups is 3. The molecule has 0 aromatic heterocycles. The lowest BCUT2D eigenvalue weighted by Gasteiger charge is -2.46. The highest BCUT2D eigenvalue weighted by molar-refractivity contribution is 4.98. The monoisotopic (exact) mass is 219 g/mol. The molecule has 5 nitrogen and oxygen atoms in total. The smallest absolute Gasteiger partial charge is 0.110 e. The summed E-state index contributed by atoms with van der Waals surface area (Å²) in [5, 5.41) is 28.3. The van der Waals surface area contributed by atoms with Crippen LogP contribution in [0.2, 0.25) is 0 Å². The first-order valence-electron chi connectivity index (χ1n) is 5.17. The van der Waals surface area contributed by atoms with Crippen LogP contribution in [0.5, 0.6) is 0 Å². The SMILES string of the molecule is CC(C)(C)[C@@H]1OC(CO)[C@@H](O)C(O)C1N. The van der Waals surface area contributed by atoms with Crippen LogP contribution in [-0.4, -0.2) is 52.4 Å². The molecule has 1 aliphatic rings. The molecule has 90 valence electrons. The number of nitrogens with two attached hydrogens (primary N) is 1. The maximum Gasteiger partial charge on any atom is 0.110 e. The van der Waals surface area contributed by atoms with E-state index in [4.69, 9.17) is 15.6 Å². The van der Waals surface area contributed by atoms with Crippen LogP contribution < -0.4 is 5.73 Å². The molecule has 1 heterocycles. The van der Waals surface area contributed by atoms with Gasteiger partial charge in [-0.15, -0.1) is 0 Å². The van der Waals surface area contributed by atoms with Crippen LogP contribution in [0.3, 0.4) is 0 Å². The summed E-state index contributed by atoms with van der Waals surface area (Å²) in [5.74, 6) is 0. The lowest BCUT2D eigenvalue weighted by molar-refractivity contribution is -0.211. The first-order valence-corrected chi connectivity index (χ1v) is 5.17. The van der Waals surface area contributed by atoms with Gasteiger partial charge < -0.3 is 25.8 Å². The number of ether oxygens (including phenoxy) is 1. The van der Waals surface area contributed by atoms with Crippen LogP contribution in [0.4, 0.5) is 0 Å². The normalized spacial score (nSPS) is 43.0. The highest BCUT2D eigenvalue weighted by Crippen LogP contribution is 2.31. The molecule has 1 aliphatic heterocycles. The molecular formula is C10H21NO4. The molecule has 1 saturated heterocycles. The summed E-state index contributed by atoms with van der Waals surface area (Å²) in [5.41, 5.74) is 5.56. The second-order valence-corrected chi connectivity index (χ2v) is 5.20. The van der Waals surface area contributed by atoms with Crippen molar-refractivity contribution in [2.45, 2.75) is 51.2 Å². The van der Waals surface area contributed by atoms with Crippen molar-refractivity contribution in [1.29, 1.82) is 0 Å². The third kappa shape index (κ3) is 2.49. The highest BCUT2D eigenvalue weighted by Gasteiger charge is 2.46. The second kappa shape index (κ2) is 4.35. The van der Waals surface area contributed by atoms with Gasteiger partial charge >= 0.3 is 0 Å². The van der Waals surface area contributed by atoms with Crippen molar-refractivity contribution in [2.24, 2.45) is 11.1 Å². The van der Waals surface area contributed by atoms with Crippen molar-refractivity contribution in [1.82, 2.24) is 0 Å². The van der Waals surface area contributed by atoms with Crippen molar-refractivity contribution in [3.8, 4) is 0 Å². The highest BCUT2D eigenvalue weighted by atomic mass is 16.5. The fraction of sp³-hybridized carbons (Fsp3) is 1.00. The summed E-state index contributed by atoms with van der Waals surface area (Å²) >= 11 is 0. The van der Waals surface area contributed by atoms with Crippen molar-refractivity contribution in [3.63, 3.8) is 0 Å². The minimum Gasteiger partial charge on any atom is -0.394 e. The van der Waals surface area contributed by atoms with Gasteiger partial charge in [0.15, 0.2) is 0 Å². The summed E-state index contributed by atoms with van der Waals surface area (Å²) in [4.78, 5) is 0. The number of aliphatic hydroxyl groups excluding tert-OH is 3. The Hall–Kier alpha value is -0.200. The molecule has 0 aromatic rings. The Kier molecular flexibility index (Phi) is 3.73. The zero-order valence-corrected chi connectivity index (χ0v) is 9.42. The number of rotatable bonds is 1. The standard InChI is InChI=1S/C10H21NO4/c1-10(2,3)9-6(11)8(14)7(13)5(4-12)15-9/h5-9,12-14H,4,11H2,1-3H3/t5?,6?,7-,8?,9-/m1/s1. The maximum absolute atomic E-state index is 9.72. The fourth-order valence-corrected chi connectivity index (χ4v) is 1.92. The van der Waals surface area contributed by atoms with Gasteiger partial charge in [-0.05, 0) is 5.41 Å². The van der Waals surface area contributed by atoms with Crippen LogP contribution in [0.1, 0.15) is 20.8 Å². The van der Waals surface area contributed by atoms with Gasteiger partial charge in [0.05, 0.1) is 18.8 Å². The van der Waals surface area contributed by atoms with E-state index in [-0.39, 0.29) is 18.1 Å². The predicted octanol–water partition coefficient (Wildman–Crippen LogP) is -1.16. The minimum absolute atomic E-state index is 0.242. The van der Waals surface area contributed by atoms with Crippen LogP contribution >= 0.6 is 0 Å². The van der Waals surface area contributed by atoms with E-state index in [0.29, 0.717) is 0 Å². The first kappa shape index (κ1) is 12.9. The molecule has 5 heteroatoms. The molecule has 0 bridgehead atoms. The molecular weight excluding hydrogens is 198 g/mol. The van der Waals surface area contributed by atoms with E-state index < -0.39 is 24.4 Å². The van der Waals surface area contributed by atoms with Gasteiger partial charge in [-0.25, -0.2) is 0 Å². The van der Waals surface area contributed by atoms with Gasteiger partial charge in [-0.3, -0.25) is 0 Å². The van der Waals surface area contributed by atoms with E-state index in [9.17, 15) is 10.2 Å². The van der Waals surface area contributed by atoms with Gasteiger partial charge in [0.2, 0.25) is 0 Å². The quantitative estimate of drug-likeness (QED) is 0.446. The molecule has 0 spiro atoms. The van der Waals surface area contributed by atoms with Crippen LogP contribution in [0, 0.1) is 5.41 Å². The van der Waals surface area contributed by atoms with Crippen molar-refractivity contribution in [3.05, 3.63) is 0 Å². The van der Waals surface area contributed by atoms with Crippen molar-refractivity contribution in [2.75, 3.05) is 6.61 Å². The van der Waals surface area contributed by atoms with Crippen LogP contribution in [0.25, 0.3) is 0 Å². The van der Waals surface area contributed by atoms with Crippen LogP contribution in [-0.2, 0) is 4.74 Å². The summed E-state index contributed by atoms with van der Waals surface area (Å²) < 4.78 is 5.51. The molecule has 1 rings (SSSR count). The molecule has 15 heavy (non-hydrogen) atoms. The third-order valence-electron chi connectivity index (χ3n) is 2.83. The van der Waals surface area contributed by atoms with Crippen molar-refractivity contribution >= 4 is 0 Å². The largest absolute Gasteiger partial charge is 0.394 e. The predicted molar refractivity (Wildman–Crippen MR) is 55.2 cm³/mol. The maximum atomic E-state index is 9.72.